The fourth-order valence-electron chi connectivity index (χ4n) is 1.67. The Labute approximate surface area is 109 Å². The topological polar surface area (TPSA) is 72.6 Å². The van der Waals surface area contributed by atoms with E-state index in [1.165, 1.54) is 4.31 Å². The highest BCUT2D eigenvalue weighted by molar-refractivity contribution is 7.89. The van der Waals surface area contributed by atoms with E-state index in [4.69, 9.17) is 10.5 Å². The van der Waals surface area contributed by atoms with Crippen molar-refractivity contribution in [2.24, 2.45) is 5.73 Å². The maximum absolute atomic E-state index is 12.4. The van der Waals surface area contributed by atoms with Crippen LogP contribution in [0.3, 0.4) is 0 Å². The van der Waals surface area contributed by atoms with Crippen LogP contribution in [0, 0.1) is 0 Å². The zero-order chi connectivity index (χ0) is 13.8. The summed E-state index contributed by atoms with van der Waals surface area (Å²) in [5, 5.41) is 0. The van der Waals surface area contributed by atoms with Crippen LogP contribution in [0.4, 0.5) is 0 Å². The largest absolute Gasteiger partial charge is 0.497 e. The summed E-state index contributed by atoms with van der Waals surface area (Å²) in [5.74, 6) is 0.629. The molecule has 0 amide bonds. The molecule has 0 aliphatic carbocycles. The third-order valence-electron chi connectivity index (χ3n) is 2.59. The van der Waals surface area contributed by atoms with E-state index in [9.17, 15) is 8.42 Å². The van der Waals surface area contributed by atoms with E-state index >= 15 is 0 Å². The van der Waals surface area contributed by atoms with E-state index in [2.05, 4.69) is 0 Å². The van der Waals surface area contributed by atoms with Gasteiger partial charge in [-0.15, -0.1) is 0 Å². The monoisotopic (exact) mass is 272 g/mol. The van der Waals surface area contributed by atoms with Gasteiger partial charge in [-0.05, 0) is 38.1 Å². The summed E-state index contributed by atoms with van der Waals surface area (Å²) >= 11 is 0. The average Bonchev–Trinajstić information content (AvgIpc) is 2.35. The number of ether oxygens (including phenoxy) is 1. The smallest absolute Gasteiger partial charge is 0.243 e. The molecular weight excluding hydrogens is 252 g/mol. The molecule has 0 aliphatic rings. The predicted molar refractivity (Wildman–Crippen MR) is 71.1 cm³/mol. The van der Waals surface area contributed by atoms with E-state index in [0.717, 1.165) is 0 Å². The molecule has 0 unspecified atom stereocenters. The van der Waals surface area contributed by atoms with E-state index in [-0.39, 0.29) is 10.9 Å². The van der Waals surface area contributed by atoms with Crippen molar-refractivity contribution in [1.82, 2.24) is 4.31 Å². The third-order valence-corrected chi connectivity index (χ3v) is 4.68. The fourth-order valence-corrected chi connectivity index (χ4v) is 3.32. The van der Waals surface area contributed by atoms with Crippen molar-refractivity contribution in [1.29, 1.82) is 0 Å². The summed E-state index contributed by atoms with van der Waals surface area (Å²) in [6.45, 7) is 4.27. The second kappa shape index (κ2) is 6.17. The van der Waals surface area contributed by atoms with Crippen LogP contribution in [-0.4, -0.2) is 39.0 Å². The molecule has 0 aromatic heterocycles. The van der Waals surface area contributed by atoms with Crippen LogP contribution in [0.25, 0.3) is 0 Å². The van der Waals surface area contributed by atoms with Gasteiger partial charge in [0.05, 0.1) is 12.0 Å². The quantitative estimate of drug-likeness (QED) is 0.840. The molecule has 102 valence electrons. The molecule has 6 heteroatoms. The molecule has 1 rings (SSSR count). The molecule has 5 nitrogen and oxygen atoms in total. The molecule has 0 aliphatic heterocycles. The van der Waals surface area contributed by atoms with E-state index in [1.807, 2.05) is 13.8 Å². The van der Waals surface area contributed by atoms with Crippen molar-refractivity contribution in [2.45, 2.75) is 24.8 Å². The Balaban J connectivity index is 3.09. The molecule has 2 N–H and O–H groups in total. The molecule has 18 heavy (non-hydrogen) atoms. The summed E-state index contributed by atoms with van der Waals surface area (Å²) in [4.78, 5) is 0.255. The standard InChI is InChI=1S/C12H20N2O3S/c1-10(2)14(9-8-13)18(15,16)12-6-4-11(17-3)5-7-12/h4-7,10H,8-9,13H2,1-3H3. The number of sulfonamides is 1. The van der Waals surface area contributed by atoms with Crippen LogP contribution < -0.4 is 10.5 Å². The van der Waals surface area contributed by atoms with Crippen LogP contribution in [-0.2, 0) is 10.0 Å². The fraction of sp³-hybridized carbons (Fsp3) is 0.500. The lowest BCUT2D eigenvalue weighted by Gasteiger charge is -2.25. The second-order valence-corrected chi connectivity index (χ2v) is 6.06. The van der Waals surface area contributed by atoms with Gasteiger partial charge in [0.2, 0.25) is 10.0 Å². The lowest BCUT2D eigenvalue weighted by atomic mass is 10.3. The first-order valence-corrected chi connectivity index (χ1v) is 7.23. The first-order valence-electron chi connectivity index (χ1n) is 5.79. The van der Waals surface area contributed by atoms with Crippen molar-refractivity contribution in [2.75, 3.05) is 20.2 Å². The van der Waals surface area contributed by atoms with Gasteiger partial charge in [0.1, 0.15) is 5.75 Å². The number of nitrogens with two attached hydrogens (primary N) is 1. The normalized spacial score (nSPS) is 12.1. The Morgan fingerprint density at radius 3 is 2.22 bits per heavy atom. The summed E-state index contributed by atoms with van der Waals surface area (Å²) in [6.07, 6.45) is 0. The third kappa shape index (κ3) is 3.22. The number of methoxy groups -OCH3 is 1. The van der Waals surface area contributed by atoms with Gasteiger partial charge in [-0.25, -0.2) is 8.42 Å². The highest BCUT2D eigenvalue weighted by Gasteiger charge is 2.26. The number of hydrogen-bond acceptors (Lipinski definition) is 4. The van der Waals surface area contributed by atoms with Gasteiger partial charge >= 0.3 is 0 Å². The minimum Gasteiger partial charge on any atom is -0.497 e. The Morgan fingerprint density at radius 1 is 1.28 bits per heavy atom. The molecule has 0 atom stereocenters. The second-order valence-electron chi connectivity index (χ2n) is 4.17. The number of hydrogen-bond donors (Lipinski definition) is 1. The lowest BCUT2D eigenvalue weighted by molar-refractivity contribution is 0.361. The van der Waals surface area contributed by atoms with Crippen molar-refractivity contribution in [3.63, 3.8) is 0 Å². The number of nitrogens with zero attached hydrogens (tertiary/aromatic N) is 1. The maximum Gasteiger partial charge on any atom is 0.243 e. The Hall–Kier alpha value is -1.11. The Bertz CT molecular complexity index is 469. The van der Waals surface area contributed by atoms with Gasteiger partial charge in [0.15, 0.2) is 0 Å². The minimum atomic E-state index is -3.49. The van der Waals surface area contributed by atoms with E-state index < -0.39 is 10.0 Å². The Morgan fingerprint density at radius 2 is 1.83 bits per heavy atom. The first-order chi connectivity index (χ1) is 8.43. The van der Waals surface area contributed by atoms with Gasteiger partial charge in [0, 0.05) is 19.1 Å². The van der Waals surface area contributed by atoms with Crippen LogP contribution in [0.1, 0.15) is 13.8 Å². The zero-order valence-corrected chi connectivity index (χ0v) is 11.8. The number of rotatable bonds is 6. The molecule has 0 saturated carbocycles. The van der Waals surface area contributed by atoms with E-state index in [1.54, 1.807) is 31.4 Å². The van der Waals surface area contributed by atoms with Gasteiger partial charge in [0.25, 0.3) is 0 Å². The zero-order valence-electron chi connectivity index (χ0n) is 11.0. The molecule has 1 aromatic carbocycles. The Kier molecular flexibility index (Phi) is 5.13. The molecule has 0 heterocycles. The van der Waals surface area contributed by atoms with Gasteiger partial charge in [-0.3, -0.25) is 0 Å². The average molecular weight is 272 g/mol. The van der Waals surface area contributed by atoms with Crippen LogP contribution in [0.15, 0.2) is 29.2 Å². The predicted octanol–water partition coefficient (Wildman–Crippen LogP) is 1.05. The molecule has 0 fully saturated rings. The van der Waals surface area contributed by atoms with Crippen molar-refractivity contribution >= 4 is 10.0 Å². The summed E-state index contributed by atoms with van der Waals surface area (Å²) in [6, 6.07) is 6.22. The molecule has 0 radical (unpaired) electrons. The molecule has 0 saturated heterocycles. The minimum absolute atomic E-state index is 0.124. The first kappa shape index (κ1) is 14.9. The van der Waals surface area contributed by atoms with Crippen LogP contribution in [0.5, 0.6) is 5.75 Å². The van der Waals surface area contributed by atoms with Crippen LogP contribution in [0.2, 0.25) is 0 Å². The van der Waals surface area contributed by atoms with Gasteiger partial charge in [-0.2, -0.15) is 4.31 Å². The number of benzene rings is 1. The lowest BCUT2D eigenvalue weighted by Crippen LogP contribution is -2.40. The van der Waals surface area contributed by atoms with Crippen molar-refractivity contribution < 1.29 is 13.2 Å². The molecule has 0 spiro atoms. The summed E-state index contributed by atoms with van der Waals surface area (Å²) < 4.78 is 31.2. The maximum atomic E-state index is 12.4. The van der Waals surface area contributed by atoms with Gasteiger partial charge < -0.3 is 10.5 Å². The van der Waals surface area contributed by atoms with Crippen molar-refractivity contribution in [3.8, 4) is 5.75 Å². The highest BCUT2D eigenvalue weighted by atomic mass is 32.2. The van der Waals surface area contributed by atoms with Gasteiger partial charge in [-0.1, -0.05) is 0 Å². The highest BCUT2D eigenvalue weighted by Crippen LogP contribution is 2.20. The SMILES string of the molecule is COc1ccc(S(=O)(=O)N(CCN)C(C)C)cc1. The summed E-state index contributed by atoms with van der Waals surface area (Å²) in [7, 11) is -1.95. The van der Waals surface area contributed by atoms with Crippen molar-refractivity contribution in [3.05, 3.63) is 24.3 Å². The molecular formula is C12H20N2O3S. The van der Waals surface area contributed by atoms with Crippen LogP contribution >= 0.6 is 0 Å². The van der Waals surface area contributed by atoms with E-state index in [0.29, 0.717) is 18.8 Å². The molecule has 0 bridgehead atoms. The summed E-state index contributed by atoms with van der Waals surface area (Å²) in [5.41, 5.74) is 5.46. The molecule has 1 aromatic rings.